The van der Waals surface area contributed by atoms with Crippen molar-refractivity contribution >= 4 is 39.9 Å². The maximum absolute atomic E-state index is 13.3. The van der Waals surface area contributed by atoms with Crippen molar-refractivity contribution in [2.45, 2.75) is 29.4 Å². The van der Waals surface area contributed by atoms with Crippen LogP contribution in [0.5, 0.6) is 5.75 Å². The number of likely N-dealkylation sites (tertiary alicyclic amines) is 1. The van der Waals surface area contributed by atoms with Gasteiger partial charge in [0.15, 0.2) is 0 Å². The molecule has 32 heavy (non-hydrogen) atoms. The van der Waals surface area contributed by atoms with E-state index in [2.05, 4.69) is 33.7 Å². The zero-order valence-corrected chi connectivity index (χ0v) is 19.5. The molecule has 0 radical (unpaired) electrons. The highest BCUT2D eigenvalue weighted by Gasteiger charge is 2.27. The van der Waals surface area contributed by atoms with E-state index in [9.17, 15) is 4.79 Å². The average molecular weight is 464 g/mol. The van der Waals surface area contributed by atoms with Gasteiger partial charge >= 0.3 is 0 Å². The predicted molar refractivity (Wildman–Crippen MR) is 131 cm³/mol. The molecule has 0 saturated carbocycles. The van der Waals surface area contributed by atoms with Crippen LogP contribution in [0.1, 0.15) is 40.4 Å². The predicted octanol–water partition coefficient (Wildman–Crippen LogP) is 5.95. The molecular formula is C25H25N3O2S2. The molecule has 1 fully saturated rings. The number of thioether (sulfide) groups is 1. The lowest BCUT2D eigenvalue weighted by Gasteiger charge is -2.32. The van der Waals surface area contributed by atoms with E-state index < -0.39 is 0 Å². The molecule has 1 N–H and O–H groups in total. The summed E-state index contributed by atoms with van der Waals surface area (Å²) in [7, 11) is 1.70. The number of thiazole rings is 1. The van der Waals surface area contributed by atoms with E-state index in [1.807, 2.05) is 40.7 Å². The van der Waals surface area contributed by atoms with Gasteiger partial charge in [0, 0.05) is 46.2 Å². The Bertz CT molecular complexity index is 1210. The van der Waals surface area contributed by atoms with Gasteiger partial charge < -0.3 is 14.6 Å². The van der Waals surface area contributed by atoms with Gasteiger partial charge in [0.1, 0.15) is 5.75 Å². The van der Waals surface area contributed by atoms with Crippen LogP contribution in [0.3, 0.4) is 0 Å². The standard InChI is InChI=1S/C25H25N3O2S2/c1-30-19-6-7-23-21(12-19)22(13-26-23)17-8-10-28(11-9-17)25(29)20-4-2-3-5-24(20)32-15-18-14-31-16-27-18/h2-7,12-14,16-17,26H,8-11,15H2,1H3. The molecule has 1 amide bonds. The first-order valence-corrected chi connectivity index (χ1v) is 12.7. The Balaban J connectivity index is 1.27. The number of aromatic amines is 1. The van der Waals surface area contributed by atoms with Crippen LogP contribution in [-0.2, 0) is 5.75 Å². The van der Waals surface area contributed by atoms with E-state index in [4.69, 9.17) is 4.74 Å². The molecule has 2 aromatic heterocycles. The number of hydrogen-bond acceptors (Lipinski definition) is 5. The Hall–Kier alpha value is -2.77. The number of nitrogens with zero attached hydrogens (tertiary/aromatic N) is 2. The van der Waals surface area contributed by atoms with E-state index in [0.29, 0.717) is 5.92 Å². The molecule has 3 heterocycles. The topological polar surface area (TPSA) is 58.2 Å². The zero-order chi connectivity index (χ0) is 21.9. The van der Waals surface area contributed by atoms with Gasteiger partial charge in [-0.15, -0.1) is 23.1 Å². The lowest BCUT2D eigenvalue weighted by Crippen LogP contribution is -2.38. The monoisotopic (exact) mass is 463 g/mol. The van der Waals surface area contributed by atoms with Crippen LogP contribution in [0, 0.1) is 0 Å². The second-order valence-corrected chi connectivity index (χ2v) is 9.72. The molecule has 0 atom stereocenters. The molecule has 2 aromatic carbocycles. The summed E-state index contributed by atoms with van der Waals surface area (Å²) >= 11 is 3.28. The molecule has 0 unspecified atom stereocenters. The number of benzene rings is 2. The van der Waals surface area contributed by atoms with Crippen molar-refractivity contribution in [1.29, 1.82) is 0 Å². The summed E-state index contributed by atoms with van der Waals surface area (Å²) in [4.78, 5) is 24.1. The average Bonchev–Trinajstić information content (AvgIpc) is 3.52. The van der Waals surface area contributed by atoms with Gasteiger partial charge in [-0.25, -0.2) is 4.98 Å². The first-order chi connectivity index (χ1) is 15.7. The number of H-pyrrole nitrogens is 1. The number of amides is 1. The molecule has 1 aliphatic heterocycles. The van der Waals surface area contributed by atoms with Crippen LogP contribution >= 0.6 is 23.1 Å². The van der Waals surface area contributed by atoms with Crippen molar-refractivity contribution in [3.05, 3.63) is 76.4 Å². The normalized spacial score (nSPS) is 14.7. The van der Waals surface area contributed by atoms with Crippen molar-refractivity contribution in [3.63, 3.8) is 0 Å². The second-order valence-electron chi connectivity index (χ2n) is 7.99. The molecule has 7 heteroatoms. The molecule has 1 aliphatic rings. The lowest BCUT2D eigenvalue weighted by molar-refractivity contribution is 0.0710. The highest BCUT2D eigenvalue weighted by Crippen LogP contribution is 2.35. The molecular weight excluding hydrogens is 438 g/mol. The fourth-order valence-corrected chi connectivity index (χ4v) is 5.99. The molecule has 4 aromatic rings. The third-order valence-corrected chi connectivity index (χ3v) is 7.86. The highest BCUT2D eigenvalue weighted by atomic mass is 32.2. The van der Waals surface area contributed by atoms with E-state index in [0.717, 1.165) is 59.1 Å². The number of methoxy groups -OCH3 is 1. The summed E-state index contributed by atoms with van der Waals surface area (Å²) in [6, 6.07) is 14.1. The molecule has 0 aliphatic carbocycles. The maximum Gasteiger partial charge on any atom is 0.254 e. The molecule has 5 nitrogen and oxygen atoms in total. The number of rotatable bonds is 6. The van der Waals surface area contributed by atoms with Gasteiger partial charge in [0.25, 0.3) is 5.91 Å². The highest BCUT2D eigenvalue weighted by molar-refractivity contribution is 7.98. The molecule has 1 saturated heterocycles. The van der Waals surface area contributed by atoms with E-state index in [-0.39, 0.29) is 5.91 Å². The van der Waals surface area contributed by atoms with Crippen LogP contribution in [0.25, 0.3) is 10.9 Å². The van der Waals surface area contributed by atoms with Gasteiger partial charge in [0.2, 0.25) is 0 Å². The smallest absolute Gasteiger partial charge is 0.254 e. The minimum absolute atomic E-state index is 0.130. The van der Waals surface area contributed by atoms with E-state index in [1.165, 1.54) is 10.9 Å². The maximum atomic E-state index is 13.3. The number of carbonyl (C=O) groups is 1. The summed E-state index contributed by atoms with van der Waals surface area (Å²) in [6.45, 7) is 1.54. The fraction of sp³-hybridized carbons (Fsp3) is 0.280. The van der Waals surface area contributed by atoms with Crippen LogP contribution in [0.15, 0.2) is 64.4 Å². The Morgan fingerprint density at radius 3 is 2.88 bits per heavy atom. The van der Waals surface area contributed by atoms with Crippen molar-refractivity contribution in [2.24, 2.45) is 0 Å². The fourth-order valence-electron chi connectivity index (χ4n) is 4.38. The minimum atomic E-state index is 0.130. The molecule has 5 rings (SSSR count). The lowest BCUT2D eigenvalue weighted by atomic mass is 9.89. The van der Waals surface area contributed by atoms with Crippen molar-refractivity contribution in [1.82, 2.24) is 14.9 Å². The number of nitrogens with one attached hydrogen (secondary N) is 1. The van der Waals surface area contributed by atoms with Gasteiger partial charge in [0.05, 0.1) is 23.9 Å². The number of piperidine rings is 1. The number of hydrogen-bond donors (Lipinski definition) is 1. The largest absolute Gasteiger partial charge is 0.497 e. The summed E-state index contributed by atoms with van der Waals surface area (Å²) in [6.07, 6.45) is 4.05. The number of carbonyl (C=O) groups excluding carboxylic acids is 1. The molecule has 0 bridgehead atoms. The number of fused-ring (bicyclic) bond motifs is 1. The van der Waals surface area contributed by atoms with Crippen LogP contribution in [0.4, 0.5) is 0 Å². The summed E-state index contributed by atoms with van der Waals surface area (Å²) in [5.74, 6) is 2.22. The zero-order valence-electron chi connectivity index (χ0n) is 17.9. The summed E-state index contributed by atoms with van der Waals surface area (Å²) < 4.78 is 5.41. The first-order valence-electron chi connectivity index (χ1n) is 10.8. The third-order valence-electron chi connectivity index (χ3n) is 6.12. The Morgan fingerprint density at radius 2 is 2.09 bits per heavy atom. The summed E-state index contributed by atoms with van der Waals surface area (Å²) in [5.41, 5.74) is 6.15. The van der Waals surface area contributed by atoms with Gasteiger partial charge in [-0.3, -0.25) is 4.79 Å². The van der Waals surface area contributed by atoms with Crippen LogP contribution < -0.4 is 4.74 Å². The van der Waals surface area contributed by atoms with Crippen molar-refractivity contribution in [3.8, 4) is 5.75 Å². The first kappa shape index (κ1) is 21.1. The minimum Gasteiger partial charge on any atom is -0.497 e. The van der Waals surface area contributed by atoms with E-state index in [1.54, 1.807) is 30.2 Å². The van der Waals surface area contributed by atoms with E-state index >= 15 is 0 Å². The van der Waals surface area contributed by atoms with Gasteiger partial charge in [-0.2, -0.15) is 0 Å². The van der Waals surface area contributed by atoms with Crippen molar-refractivity contribution < 1.29 is 9.53 Å². The van der Waals surface area contributed by atoms with Gasteiger partial charge in [-0.1, -0.05) is 12.1 Å². The molecule has 0 spiro atoms. The third kappa shape index (κ3) is 4.27. The number of ether oxygens (including phenoxy) is 1. The SMILES string of the molecule is COc1ccc2[nH]cc(C3CCN(C(=O)c4ccccc4SCc4cscn4)CC3)c2c1. The van der Waals surface area contributed by atoms with Gasteiger partial charge in [-0.05, 0) is 54.7 Å². The van der Waals surface area contributed by atoms with Crippen LogP contribution in [0.2, 0.25) is 0 Å². The van der Waals surface area contributed by atoms with Crippen molar-refractivity contribution in [2.75, 3.05) is 20.2 Å². The Labute approximate surface area is 195 Å². The quantitative estimate of drug-likeness (QED) is 0.359. The van der Waals surface area contributed by atoms with Crippen LogP contribution in [-0.4, -0.2) is 41.0 Å². The second kappa shape index (κ2) is 9.38. The Morgan fingerprint density at radius 1 is 1.25 bits per heavy atom. The molecule has 164 valence electrons. The number of aromatic nitrogens is 2. The Kier molecular flexibility index (Phi) is 6.19. The summed E-state index contributed by atoms with van der Waals surface area (Å²) in [5, 5.41) is 3.28.